The summed E-state index contributed by atoms with van der Waals surface area (Å²) in [6, 6.07) is 0.157. The molecule has 0 bridgehead atoms. The van der Waals surface area contributed by atoms with Gasteiger partial charge in [-0.1, -0.05) is 0 Å². The van der Waals surface area contributed by atoms with Crippen LogP contribution in [0.15, 0.2) is 6.20 Å². The first-order valence-electron chi connectivity index (χ1n) is 7.51. The Morgan fingerprint density at radius 3 is 2.33 bits per heavy atom. The zero-order valence-corrected chi connectivity index (χ0v) is 14.7. The van der Waals surface area contributed by atoms with Crippen molar-refractivity contribution in [2.24, 2.45) is 5.41 Å². The zero-order chi connectivity index (χ0) is 16.4. The van der Waals surface area contributed by atoms with Crippen LogP contribution in [0, 0.1) is 12.3 Å². The van der Waals surface area contributed by atoms with Crippen LogP contribution in [0.25, 0.3) is 0 Å². The van der Waals surface area contributed by atoms with Crippen molar-refractivity contribution in [3.63, 3.8) is 0 Å². The second kappa shape index (κ2) is 6.18. The number of nitrogens with one attached hydrogen (secondary N) is 2. The summed E-state index contributed by atoms with van der Waals surface area (Å²) in [5.74, 6) is 0.0457. The Morgan fingerprint density at radius 1 is 1.33 bits per heavy atom. The Balaban J connectivity index is 2.79. The monoisotopic (exact) mass is 294 g/mol. The number of carbonyl (C=O) groups is 1. The molecule has 1 aromatic heterocycles. The normalized spacial score (nSPS) is 14.1. The van der Waals surface area contributed by atoms with E-state index >= 15 is 0 Å². The summed E-state index contributed by atoms with van der Waals surface area (Å²) in [6.07, 6.45) is 2.10. The molecule has 0 aliphatic heterocycles. The van der Waals surface area contributed by atoms with Crippen LogP contribution in [0.1, 0.15) is 58.8 Å². The molecule has 0 spiro atoms. The SMILES string of the molecule is CNC(=O)C(C)(C)CN[C@H](C)c1cn(C(C)(C)C)nc1C. The first kappa shape index (κ1) is 17.7. The van der Waals surface area contributed by atoms with Gasteiger partial charge in [0, 0.05) is 31.4 Å². The molecule has 120 valence electrons. The predicted molar refractivity (Wildman–Crippen MR) is 86.2 cm³/mol. The van der Waals surface area contributed by atoms with Gasteiger partial charge in [-0.15, -0.1) is 0 Å². The van der Waals surface area contributed by atoms with Gasteiger partial charge < -0.3 is 10.6 Å². The van der Waals surface area contributed by atoms with E-state index in [0.29, 0.717) is 6.54 Å². The van der Waals surface area contributed by atoms with E-state index in [-0.39, 0.29) is 17.5 Å². The second-order valence-corrected chi connectivity index (χ2v) is 7.35. The van der Waals surface area contributed by atoms with Crippen LogP contribution in [0.2, 0.25) is 0 Å². The molecular formula is C16H30N4O. The smallest absolute Gasteiger partial charge is 0.226 e. The van der Waals surface area contributed by atoms with E-state index < -0.39 is 5.41 Å². The van der Waals surface area contributed by atoms with E-state index in [9.17, 15) is 4.79 Å². The minimum Gasteiger partial charge on any atom is -0.359 e. The summed E-state index contributed by atoms with van der Waals surface area (Å²) in [6.45, 7) is 15.0. The van der Waals surface area contributed by atoms with Gasteiger partial charge in [-0.25, -0.2) is 0 Å². The maximum atomic E-state index is 11.8. The van der Waals surface area contributed by atoms with Crippen molar-refractivity contribution in [1.82, 2.24) is 20.4 Å². The molecular weight excluding hydrogens is 264 g/mol. The molecule has 5 nitrogen and oxygen atoms in total. The minimum absolute atomic E-state index is 0.0237. The topological polar surface area (TPSA) is 59.0 Å². The van der Waals surface area contributed by atoms with Crippen molar-refractivity contribution in [2.45, 2.75) is 60.0 Å². The van der Waals surface area contributed by atoms with Gasteiger partial charge in [0.05, 0.1) is 16.6 Å². The van der Waals surface area contributed by atoms with Gasteiger partial charge in [-0.3, -0.25) is 9.48 Å². The first-order valence-corrected chi connectivity index (χ1v) is 7.51. The van der Waals surface area contributed by atoms with Crippen LogP contribution in [-0.2, 0) is 10.3 Å². The standard InChI is InChI=1S/C16H30N4O/c1-11(18-10-16(6,7)14(21)17-8)13-9-20(15(3,4)5)19-12(13)2/h9,11,18H,10H2,1-8H3,(H,17,21)/t11-/m1/s1. The molecule has 0 aliphatic carbocycles. The maximum absolute atomic E-state index is 11.8. The van der Waals surface area contributed by atoms with Gasteiger partial charge in [0.25, 0.3) is 0 Å². The molecule has 0 aromatic carbocycles. The number of hydrogen-bond acceptors (Lipinski definition) is 3. The first-order chi connectivity index (χ1) is 9.49. The lowest BCUT2D eigenvalue weighted by Crippen LogP contribution is -2.42. The molecule has 1 atom stereocenters. The average Bonchev–Trinajstić information content (AvgIpc) is 2.77. The molecule has 0 fully saturated rings. The summed E-state index contributed by atoms with van der Waals surface area (Å²) in [5.41, 5.74) is 1.75. The largest absolute Gasteiger partial charge is 0.359 e. The zero-order valence-electron chi connectivity index (χ0n) is 14.7. The molecule has 21 heavy (non-hydrogen) atoms. The quantitative estimate of drug-likeness (QED) is 0.876. The van der Waals surface area contributed by atoms with Gasteiger partial charge in [0.1, 0.15) is 0 Å². The highest BCUT2D eigenvalue weighted by Gasteiger charge is 2.27. The van der Waals surface area contributed by atoms with E-state index in [1.54, 1.807) is 7.05 Å². The highest BCUT2D eigenvalue weighted by atomic mass is 16.2. The number of rotatable bonds is 5. The predicted octanol–water partition coefficient (Wildman–Crippen LogP) is 2.37. The lowest BCUT2D eigenvalue weighted by Gasteiger charge is -2.25. The highest BCUT2D eigenvalue weighted by Crippen LogP contribution is 2.22. The van der Waals surface area contributed by atoms with E-state index in [0.717, 1.165) is 5.69 Å². The molecule has 0 radical (unpaired) electrons. The van der Waals surface area contributed by atoms with Crippen LogP contribution in [0.3, 0.4) is 0 Å². The van der Waals surface area contributed by atoms with Crippen LogP contribution < -0.4 is 10.6 Å². The van der Waals surface area contributed by atoms with Gasteiger partial charge in [0.15, 0.2) is 0 Å². The second-order valence-electron chi connectivity index (χ2n) is 7.35. The van der Waals surface area contributed by atoms with Crippen molar-refractivity contribution >= 4 is 5.91 Å². The number of aromatic nitrogens is 2. The summed E-state index contributed by atoms with van der Waals surface area (Å²) >= 11 is 0. The van der Waals surface area contributed by atoms with E-state index in [2.05, 4.69) is 49.6 Å². The molecule has 0 aliphatic rings. The van der Waals surface area contributed by atoms with Crippen LogP contribution in [0.4, 0.5) is 0 Å². The molecule has 1 aromatic rings. The van der Waals surface area contributed by atoms with E-state index in [4.69, 9.17) is 0 Å². The average molecular weight is 294 g/mol. The molecule has 1 amide bonds. The van der Waals surface area contributed by atoms with E-state index in [1.807, 2.05) is 25.5 Å². The Morgan fingerprint density at radius 2 is 1.90 bits per heavy atom. The van der Waals surface area contributed by atoms with Crippen LogP contribution in [-0.4, -0.2) is 29.3 Å². The third-order valence-electron chi connectivity index (χ3n) is 3.78. The number of hydrogen-bond donors (Lipinski definition) is 2. The van der Waals surface area contributed by atoms with Crippen molar-refractivity contribution in [3.8, 4) is 0 Å². The van der Waals surface area contributed by atoms with Crippen LogP contribution >= 0.6 is 0 Å². The Labute approximate surface area is 128 Å². The van der Waals surface area contributed by atoms with Gasteiger partial charge >= 0.3 is 0 Å². The molecule has 1 rings (SSSR count). The fourth-order valence-corrected chi connectivity index (χ4v) is 2.18. The summed E-state index contributed by atoms with van der Waals surface area (Å²) in [4.78, 5) is 11.8. The van der Waals surface area contributed by atoms with Gasteiger partial charge in [-0.05, 0) is 48.5 Å². The Bertz CT molecular complexity index is 497. The molecule has 0 unspecified atom stereocenters. The summed E-state index contributed by atoms with van der Waals surface area (Å²) in [7, 11) is 1.67. The lowest BCUT2D eigenvalue weighted by molar-refractivity contribution is -0.128. The Hall–Kier alpha value is -1.36. The van der Waals surface area contributed by atoms with E-state index in [1.165, 1.54) is 5.56 Å². The number of aryl methyl sites for hydroxylation is 1. The highest BCUT2D eigenvalue weighted by molar-refractivity contribution is 5.81. The third kappa shape index (κ3) is 4.30. The number of nitrogens with zero attached hydrogens (tertiary/aromatic N) is 2. The number of amides is 1. The fourth-order valence-electron chi connectivity index (χ4n) is 2.18. The fraction of sp³-hybridized carbons (Fsp3) is 0.750. The van der Waals surface area contributed by atoms with Gasteiger partial charge in [0.2, 0.25) is 5.91 Å². The summed E-state index contributed by atoms with van der Waals surface area (Å²) < 4.78 is 2.00. The van der Waals surface area contributed by atoms with Crippen molar-refractivity contribution in [3.05, 3.63) is 17.5 Å². The molecule has 1 heterocycles. The molecule has 0 saturated carbocycles. The van der Waals surface area contributed by atoms with Crippen LogP contribution in [0.5, 0.6) is 0 Å². The lowest BCUT2D eigenvalue weighted by atomic mass is 9.91. The van der Waals surface area contributed by atoms with Crippen molar-refractivity contribution in [2.75, 3.05) is 13.6 Å². The van der Waals surface area contributed by atoms with Crippen molar-refractivity contribution < 1.29 is 4.79 Å². The van der Waals surface area contributed by atoms with Crippen molar-refractivity contribution in [1.29, 1.82) is 0 Å². The van der Waals surface area contributed by atoms with Gasteiger partial charge in [-0.2, -0.15) is 5.10 Å². The summed E-state index contributed by atoms with van der Waals surface area (Å²) in [5, 5.41) is 10.8. The Kier molecular flexibility index (Phi) is 5.20. The third-order valence-corrected chi connectivity index (χ3v) is 3.78. The minimum atomic E-state index is -0.434. The molecule has 2 N–H and O–H groups in total. The molecule has 0 saturated heterocycles. The maximum Gasteiger partial charge on any atom is 0.226 e. The molecule has 5 heteroatoms. The number of carbonyl (C=O) groups excluding carboxylic acids is 1.